The number of hydrogen-bond acceptors (Lipinski definition) is 16. The quantitative estimate of drug-likeness (QED) is 0.0288. The molecule has 1 unspecified atom stereocenters. The van der Waals surface area contributed by atoms with Gasteiger partial charge < -0.3 is 62.8 Å². The van der Waals surface area contributed by atoms with Crippen LogP contribution in [0.5, 0.6) is 23.0 Å². The minimum Gasteiger partial charge on any atom is -0.497 e. The van der Waals surface area contributed by atoms with Crippen LogP contribution in [0.4, 0.5) is 11.4 Å². The number of ether oxygens (including phenoxy) is 11. The Morgan fingerprint density at radius 1 is 0.570 bits per heavy atom. The Bertz CT molecular complexity index is 3130. The Hall–Kier alpha value is -7.06. The second-order valence-corrected chi connectivity index (χ2v) is 21.0. The van der Waals surface area contributed by atoms with Gasteiger partial charge >= 0.3 is 0 Å². The van der Waals surface area contributed by atoms with Crippen molar-refractivity contribution in [3.05, 3.63) is 158 Å². The molecule has 6 bridgehead atoms. The summed E-state index contributed by atoms with van der Waals surface area (Å²) in [5.74, 6) is 2.48. The molecular formula is C69H88N6O11. The van der Waals surface area contributed by atoms with Gasteiger partial charge in [-0.25, -0.2) is 4.99 Å². The van der Waals surface area contributed by atoms with E-state index in [1.54, 1.807) is 28.4 Å². The molecule has 4 heterocycles. The van der Waals surface area contributed by atoms with E-state index < -0.39 is 5.60 Å². The zero-order valence-corrected chi connectivity index (χ0v) is 51.7. The number of hydrogen-bond donors (Lipinski definition) is 2. The van der Waals surface area contributed by atoms with Crippen molar-refractivity contribution in [3.8, 4) is 23.0 Å². The van der Waals surface area contributed by atoms with Crippen LogP contribution in [0, 0.1) is 0 Å². The second-order valence-electron chi connectivity index (χ2n) is 21.0. The maximum absolute atomic E-state index is 7.39. The van der Waals surface area contributed by atoms with E-state index in [1.807, 2.05) is 54.9 Å². The maximum atomic E-state index is 7.39. The summed E-state index contributed by atoms with van der Waals surface area (Å²) >= 11 is 0. The van der Waals surface area contributed by atoms with Gasteiger partial charge in [-0.05, 0) is 139 Å². The van der Waals surface area contributed by atoms with Gasteiger partial charge in [0, 0.05) is 50.8 Å². The fourth-order valence-corrected chi connectivity index (χ4v) is 11.1. The molecular weight excluding hydrogens is 1090 g/mol. The van der Waals surface area contributed by atoms with Gasteiger partial charge in [0.2, 0.25) is 0 Å². The number of nitrogens with zero attached hydrogens (tertiary/aromatic N) is 4. The third-order valence-corrected chi connectivity index (χ3v) is 15.7. The van der Waals surface area contributed by atoms with Crippen LogP contribution in [-0.2, 0) is 58.0 Å². The standard InChI is InChI=1S/C69H88N6O11/c1-9-55-56(10-2)60-43-62-58(19-15-29-86-69(50-16-12-11-13-17-50,51-20-24-53(78-7)25-21-51)52-22-26-54(79-8)27-23-52)49(4)66(75-62)47-72-64-45-68(85-41-39-83-37-35-81-33-31-77-6)67(84-40-38-82-36-34-80-32-30-76-5)44-63(64)71-46-65-48(3)57(18-14-28-70)61(74-65)42-59(55)73-60/h11-13,16-17,20-27,42,44-47,62,73H,9-10,14-15,18-19,28-41,43,70H2,1-8H3/b61-42-,71-46?,72-47?. The lowest BCUT2D eigenvalue weighted by atomic mass is 9.80. The van der Waals surface area contributed by atoms with E-state index in [9.17, 15) is 0 Å². The molecule has 1 atom stereocenters. The minimum atomic E-state index is -0.957. The zero-order chi connectivity index (χ0) is 60.5. The molecule has 0 amide bonds. The normalized spacial score (nSPS) is 15.6. The number of nitrogens with two attached hydrogens (primary N) is 1. The summed E-state index contributed by atoms with van der Waals surface area (Å²) in [5, 5.41) is 0. The summed E-state index contributed by atoms with van der Waals surface area (Å²) in [7, 11) is 6.66. The van der Waals surface area contributed by atoms with Gasteiger partial charge in [-0.15, -0.1) is 0 Å². The molecule has 86 heavy (non-hydrogen) atoms. The molecule has 0 saturated heterocycles. The largest absolute Gasteiger partial charge is 0.497 e. The molecule has 0 radical (unpaired) electrons. The average Bonchev–Trinajstić information content (AvgIpc) is 1.20. The highest BCUT2D eigenvalue weighted by molar-refractivity contribution is 6.40. The molecule has 4 aromatic carbocycles. The number of aromatic amines is 1. The lowest BCUT2D eigenvalue weighted by molar-refractivity contribution is 0.0115. The van der Waals surface area contributed by atoms with Crippen LogP contribution in [0.3, 0.4) is 0 Å². The van der Waals surface area contributed by atoms with Gasteiger partial charge in [0.05, 0.1) is 127 Å². The van der Waals surface area contributed by atoms with E-state index >= 15 is 0 Å². The fraction of sp³-hybridized carbons (Fsp3) is 0.449. The predicted octanol–water partition coefficient (Wildman–Crippen LogP) is 11.7. The van der Waals surface area contributed by atoms with E-state index in [4.69, 9.17) is 77.8 Å². The van der Waals surface area contributed by atoms with Crippen LogP contribution in [0.2, 0.25) is 0 Å². The number of rotatable bonds is 35. The summed E-state index contributed by atoms with van der Waals surface area (Å²) in [5.41, 5.74) is 21.1. The van der Waals surface area contributed by atoms with E-state index in [2.05, 4.69) is 87.3 Å². The highest BCUT2D eigenvalue weighted by Gasteiger charge is 2.38. The van der Waals surface area contributed by atoms with Gasteiger partial charge in [-0.3, -0.25) is 15.0 Å². The van der Waals surface area contributed by atoms with Crippen molar-refractivity contribution in [1.29, 1.82) is 0 Å². The Morgan fingerprint density at radius 2 is 1.09 bits per heavy atom. The first-order valence-electron chi connectivity index (χ1n) is 30.2. The minimum absolute atomic E-state index is 0.182. The van der Waals surface area contributed by atoms with Crippen LogP contribution >= 0.6 is 0 Å². The van der Waals surface area contributed by atoms with E-state index in [-0.39, 0.29) is 19.3 Å². The van der Waals surface area contributed by atoms with Crippen molar-refractivity contribution in [2.24, 2.45) is 25.7 Å². The predicted molar refractivity (Wildman–Crippen MR) is 342 cm³/mol. The molecule has 0 aliphatic carbocycles. The molecule has 0 spiro atoms. The summed E-state index contributed by atoms with van der Waals surface area (Å²) < 4.78 is 64.7. The first kappa shape index (κ1) is 64.9. The SMILES string of the molecule is CCc1c2[nH]c(c1CC)CC1N=C(C=Nc3cc(OCCOCCOCCOC)c(OCCOCCOCCOC)cc3N=CC3=N/C(=C\2)C(CCCN)=C3C)C(C)=C1CCCOC(c1ccccc1)(c1ccc(OC)cc1)c1ccc(OC)cc1. The molecule has 0 fully saturated rings. The Morgan fingerprint density at radius 3 is 1.62 bits per heavy atom. The van der Waals surface area contributed by atoms with Gasteiger partial charge in [0.15, 0.2) is 11.5 Å². The molecule has 3 N–H and O–H groups in total. The molecule has 3 aliphatic heterocycles. The van der Waals surface area contributed by atoms with Gasteiger partial charge in [0.25, 0.3) is 0 Å². The number of aliphatic imine (C=N–C) groups is 4. The molecule has 5 aromatic rings. The third-order valence-electron chi connectivity index (χ3n) is 15.7. The summed E-state index contributed by atoms with van der Waals surface area (Å²) in [6.07, 6.45) is 11.3. The number of allylic oxidation sites excluding steroid dienone is 3. The highest BCUT2D eigenvalue weighted by Crippen LogP contribution is 2.44. The fourth-order valence-electron chi connectivity index (χ4n) is 11.1. The summed E-state index contributed by atoms with van der Waals surface area (Å²) in [4.78, 5) is 25.2. The zero-order valence-electron chi connectivity index (χ0n) is 51.7. The molecule has 3 aliphatic rings. The molecule has 8 rings (SSSR count). The Kier molecular flexibility index (Phi) is 25.5. The molecule has 1 aromatic heterocycles. The van der Waals surface area contributed by atoms with Crippen molar-refractivity contribution in [1.82, 2.24) is 4.98 Å². The lowest BCUT2D eigenvalue weighted by Gasteiger charge is -2.36. The van der Waals surface area contributed by atoms with E-state index in [1.165, 1.54) is 22.4 Å². The van der Waals surface area contributed by atoms with Gasteiger partial charge in [-0.2, -0.15) is 0 Å². The molecule has 17 heteroatoms. The second kappa shape index (κ2) is 33.7. The van der Waals surface area contributed by atoms with Gasteiger partial charge in [-0.1, -0.05) is 68.4 Å². The maximum Gasteiger partial charge on any atom is 0.163 e. The van der Waals surface area contributed by atoms with E-state index in [0.717, 1.165) is 99.8 Å². The Balaban J connectivity index is 1.17. The molecule has 17 nitrogen and oxygen atoms in total. The van der Waals surface area contributed by atoms with Crippen molar-refractivity contribution in [3.63, 3.8) is 0 Å². The van der Waals surface area contributed by atoms with Crippen LogP contribution in [0.15, 0.2) is 139 Å². The monoisotopic (exact) mass is 1180 g/mol. The molecule has 0 saturated carbocycles. The van der Waals surface area contributed by atoms with Crippen LogP contribution in [-0.4, -0.2) is 156 Å². The first-order valence-corrected chi connectivity index (χ1v) is 30.2. The number of fused-ring (bicyclic) bond motifs is 5. The number of H-pyrrole nitrogens is 1. The number of aromatic nitrogens is 1. The van der Waals surface area contributed by atoms with Crippen molar-refractivity contribution < 1.29 is 52.1 Å². The van der Waals surface area contributed by atoms with Crippen molar-refractivity contribution >= 4 is 41.3 Å². The lowest BCUT2D eigenvalue weighted by Crippen LogP contribution is -2.33. The van der Waals surface area contributed by atoms with Crippen molar-refractivity contribution in [2.45, 2.75) is 84.3 Å². The van der Waals surface area contributed by atoms with Crippen molar-refractivity contribution in [2.75, 3.05) is 121 Å². The van der Waals surface area contributed by atoms with Gasteiger partial charge in [0.1, 0.15) is 30.3 Å². The van der Waals surface area contributed by atoms with Crippen LogP contribution < -0.4 is 24.7 Å². The average molecular weight is 1180 g/mol. The highest BCUT2D eigenvalue weighted by atomic mass is 16.6. The number of benzene rings is 4. The molecule has 460 valence electrons. The topological polar surface area (TPSA) is 193 Å². The summed E-state index contributed by atoms with van der Waals surface area (Å²) in [6, 6.07) is 30.3. The van der Waals surface area contributed by atoms with Crippen LogP contribution in [0.25, 0.3) is 6.08 Å². The van der Waals surface area contributed by atoms with E-state index in [0.29, 0.717) is 115 Å². The number of nitrogens with one attached hydrogen (secondary N) is 1. The summed E-state index contributed by atoms with van der Waals surface area (Å²) in [6.45, 7) is 14.6. The third kappa shape index (κ3) is 16.7. The Labute approximate surface area is 508 Å². The van der Waals surface area contributed by atoms with Crippen LogP contribution in [0.1, 0.15) is 92.6 Å². The number of methoxy groups -OCH3 is 4. The first-order chi connectivity index (χ1) is 42.2. The smallest absolute Gasteiger partial charge is 0.163 e.